The Hall–Kier alpha value is -3.76. The van der Waals surface area contributed by atoms with Gasteiger partial charge in [-0.1, -0.05) is 54.2 Å². The van der Waals surface area contributed by atoms with E-state index in [4.69, 9.17) is 14.7 Å². The van der Waals surface area contributed by atoms with E-state index in [1.807, 2.05) is 77.4 Å². The van der Waals surface area contributed by atoms with Gasteiger partial charge in [-0.2, -0.15) is 5.26 Å². The van der Waals surface area contributed by atoms with Crippen LogP contribution in [0.2, 0.25) is 0 Å². The van der Waals surface area contributed by atoms with Gasteiger partial charge in [0.1, 0.15) is 0 Å². The summed E-state index contributed by atoms with van der Waals surface area (Å²) in [5, 5.41) is 18.7. The van der Waals surface area contributed by atoms with E-state index in [0.29, 0.717) is 22.8 Å². The first kappa shape index (κ1) is 20.5. The minimum absolute atomic E-state index is 0.635. The van der Waals surface area contributed by atoms with Crippen molar-refractivity contribution in [2.24, 2.45) is 0 Å². The maximum Gasteiger partial charge on any atom is 0.196 e. The molecule has 0 radical (unpaired) electrons. The van der Waals surface area contributed by atoms with Crippen molar-refractivity contribution in [3.63, 3.8) is 0 Å². The van der Waals surface area contributed by atoms with Gasteiger partial charge in [-0.15, -0.1) is 10.2 Å². The minimum Gasteiger partial charge on any atom is -0.493 e. The Morgan fingerprint density at radius 2 is 1.65 bits per heavy atom. The minimum atomic E-state index is 0.635. The van der Waals surface area contributed by atoms with Crippen LogP contribution in [0.15, 0.2) is 78.0 Å². The van der Waals surface area contributed by atoms with Gasteiger partial charge in [-0.25, -0.2) is 0 Å². The number of rotatable bonds is 7. The number of nitriles is 1. The maximum atomic E-state index is 8.99. The molecule has 0 unspecified atom stereocenters. The molecule has 0 spiro atoms. The molecule has 1 aromatic heterocycles. The average molecular weight is 429 g/mol. The highest BCUT2D eigenvalue weighted by Crippen LogP contribution is 2.34. The normalized spacial score (nSPS) is 10.5. The molecule has 0 bridgehead atoms. The summed E-state index contributed by atoms with van der Waals surface area (Å²) < 4.78 is 12.9. The Labute approximate surface area is 185 Å². The topological polar surface area (TPSA) is 73.0 Å². The lowest BCUT2D eigenvalue weighted by molar-refractivity contribution is 0.355. The SMILES string of the molecule is COc1ccc(-n2c(SCc3ccc(C#N)cc3)nnc2-c2ccccc2)cc1OC. The number of methoxy groups -OCH3 is 2. The number of benzene rings is 3. The highest BCUT2D eigenvalue weighted by molar-refractivity contribution is 7.98. The number of thioether (sulfide) groups is 1. The fraction of sp³-hybridized carbons (Fsp3) is 0.125. The molecule has 3 aromatic carbocycles. The molecule has 4 rings (SSSR count). The molecule has 0 atom stereocenters. The molecule has 1 heterocycles. The summed E-state index contributed by atoms with van der Waals surface area (Å²) in [6.07, 6.45) is 0. The first-order valence-electron chi connectivity index (χ1n) is 9.58. The van der Waals surface area contributed by atoms with Crippen molar-refractivity contribution in [1.82, 2.24) is 14.8 Å². The fourth-order valence-electron chi connectivity index (χ4n) is 3.16. The number of aromatic nitrogens is 3. The maximum absolute atomic E-state index is 8.99. The van der Waals surface area contributed by atoms with Gasteiger partial charge >= 0.3 is 0 Å². The number of ether oxygens (including phenoxy) is 2. The number of nitrogens with zero attached hydrogens (tertiary/aromatic N) is 4. The molecule has 6 nitrogen and oxygen atoms in total. The Kier molecular flexibility index (Phi) is 6.20. The van der Waals surface area contributed by atoms with Gasteiger partial charge in [-0.05, 0) is 29.8 Å². The van der Waals surface area contributed by atoms with E-state index in [2.05, 4.69) is 16.3 Å². The summed E-state index contributed by atoms with van der Waals surface area (Å²) in [6.45, 7) is 0. The van der Waals surface area contributed by atoms with E-state index in [1.165, 1.54) is 0 Å². The summed E-state index contributed by atoms with van der Waals surface area (Å²) in [4.78, 5) is 0. The summed E-state index contributed by atoms with van der Waals surface area (Å²) in [6, 6.07) is 25.4. The predicted octanol–water partition coefficient (Wildman–Crippen LogP) is 5.12. The molecule has 0 saturated heterocycles. The van der Waals surface area contributed by atoms with Crippen molar-refractivity contribution in [2.75, 3.05) is 14.2 Å². The van der Waals surface area contributed by atoms with E-state index in [1.54, 1.807) is 26.0 Å². The zero-order valence-electron chi connectivity index (χ0n) is 17.1. The van der Waals surface area contributed by atoms with Crippen molar-refractivity contribution in [1.29, 1.82) is 5.26 Å². The van der Waals surface area contributed by atoms with Crippen LogP contribution in [0, 0.1) is 11.3 Å². The highest BCUT2D eigenvalue weighted by Gasteiger charge is 2.18. The number of hydrogen-bond acceptors (Lipinski definition) is 6. The molecule has 0 aliphatic heterocycles. The molecule has 4 aromatic rings. The van der Waals surface area contributed by atoms with Gasteiger partial charge in [0.25, 0.3) is 0 Å². The van der Waals surface area contributed by atoms with Crippen LogP contribution in [0.4, 0.5) is 0 Å². The quantitative estimate of drug-likeness (QED) is 0.381. The van der Waals surface area contributed by atoms with Crippen LogP contribution >= 0.6 is 11.8 Å². The molecule has 0 saturated carbocycles. The predicted molar refractivity (Wildman–Crippen MR) is 121 cm³/mol. The Morgan fingerprint density at radius 3 is 2.32 bits per heavy atom. The Balaban J connectivity index is 1.74. The molecule has 0 amide bonds. The smallest absolute Gasteiger partial charge is 0.196 e. The summed E-state index contributed by atoms with van der Waals surface area (Å²) in [5.74, 6) is 2.74. The van der Waals surface area contributed by atoms with Crippen LogP contribution in [0.25, 0.3) is 17.1 Å². The van der Waals surface area contributed by atoms with Crippen LogP contribution in [0.5, 0.6) is 11.5 Å². The van der Waals surface area contributed by atoms with Crippen LogP contribution in [-0.2, 0) is 5.75 Å². The highest BCUT2D eigenvalue weighted by atomic mass is 32.2. The molecule has 0 aliphatic rings. The standard InChI is InChI=1S/C24H20N4O2S/c1-29-21-13-12-20(14-22(21)30-2)28-23(19-6-4-3-5-7-19)26-27-24(28)31-16-18-10-8-17(15-25)9-11-18/h3-14H,16H2,1-2H3. The van der Waals surface area contributed by atoms with E-state index < -0.39 is 0 Å². The molecule has 7 heteroatoms. The fourth-order valence-corrected chi connectivity index (χ4v) is 4.07. The zero-order valence-corrected chi connectivity index (χ0v) is 18.0. The second-order valence-corrected chi connectivity index (χ2v) is 7.59. The third-order valence-corrected chi connectivity index (χ3v) is 5.74. The molecular formula is C24H20N4O2S. The van der Waals surface area contributed by atoms with Crippen molar-refractivity contribution in [2.45, 2.75) is 10.9 Å². The molecule has 0 N–H and O–H groups in total. The molecule has 0 fully saturated rings. The first-order chi connectivity index (χ1) is 15.2. The average Bonchev–Trinajstić information content (AvgIpc) is 3.27. The first-order valence-corrected chi connectivity index (χ1v) is 10.6. The van der Waals surface area contributed by atoms with Gasteiger partial charge in [0.2, 0.25) is 0 Å². The van der Waals surface area contributed by atoms with Crippen LogP contribution in [-0.4, -0.2) is 29.0 Å². The monoisotopic (exact) mass is 428 g/mol. The van der Waals surface area contributed by atoms with Crippen molar-refractivity contribution in [3.05, 3.63) is 83.9 Å². The lowest BCUT2D eigenvalue weighted by atomic mass is 10.2. The summed E-state index contributed by atoms with van der Waals surface area (Å²) >= 11 is 1.58. The largest absolute Gasteiger partial charge is 0.493 e. The molecule has 31 heavy (non-hydrogen) atoms. The Bertz CT molecular complexity index is 1210. The van der Waals surface area contributed by atoms with Crippen molar-refractivity contribution >= 4 is 11.8 Å². The van der Waals surface area contributed by atoms with E-state index in [-0.39, 0.29) is 0 Å². The molecular weight excluding hydrogens is 408 g/mol. The van der Waals surface area contributed by atoms with Gasteiger partial charge in [0.15, 0.2) is 22.5 Å². The van der Waals surface area contributed by atoms with Crippen LogP contribution in [0.1, 0.15) is 11.1 Å². The molecule has 154 valence electrons. The van der Waals surface area contributed by atoms with E-state index in [9.17, 15) is 0 Å². The third-order valence-electron chi connectivity index (χ3n) is 4.74. The van der Waals surface area contributed by atoms with E-state index >= 15 is 0 Å². The molecule has 0 aliphatic carbocycles. The van der Waals surface area contributed by atoms with Gasteiger partial charge in [0.05, 0.1) is 31.5 Å². The summed E-state index contributed by atoms with van der Waals surface area (Å²) in [5.41, 5.74) is 3.60. The van der Waals surface area contributed by atoms with Gasteiger partial charge in [0, 0.05) is 17.4 Å². The summed E-state index contributed by atoms with van der Waals surface area (Å²) in [7, 11) is 3.23. The van der Waals surface area contributed by atoms with Crippen molar-refractivity contribution in [3.8, 4) is 34.6 Å². The van der Waals surface area contributed by atoms with Gasteiger partial charge < -0.3 is 9.47 Å². The van der Waals surface area contributed by atoms with Crippen LogP contribution < -0.4 is 9.47 Å². The zero-order chi connectivity index (χ0) is 21.6. The van der Waals surface area contributed by atoms with Crippen LogP contribution in [0.3, 0.4) is 0 Å². The van der Waals surface area contributed by atoms with Crippen molar-refractivity contribution < 1.29 is 9.47 Å². The number of hydrogen-bond donors (Lipinski definition) is 0. The van der Waals surface area contributed by atoms with E-state index in [0.717, 1.165) is 27.8 Å². The Morgan fingerprint density at radius 1 is 0.903 bits per heavy atom. The van der Waals surface area contributed by atoms with Gasteiger partial charge in [-0.3, -0.25) is 4.57 Å². The third kappa shape index (κ3) is 4.39. The second kappa shape index (κ2) is 9.37. The lowest BCUT2D eigenvalue weighted by Gasteiger charge is -2.13. The second-order valence-electron chi connectivity index (χ2n) is 6.64. The lowest BCUT2D eigenvalue weighted by Crippen LogP contribution is -2.01.